The van der Waals surface area contributed by atoms with Gasteiger partial charge >= 0.3 is 0 Å². The zero-order valence-corrected chi connectivity index (χ0v) is 14.4. The number of benzene rings is 1. The van der Waals surface area contributed by atoms with E-state index in [9.17, 15) is 0 Å². The third-order valence-corrected chi connectivity index (χ3v) is 4.32. The van der Waals surface area contributed by atoms with Gasteiger partial charge in [0.25, 0.3) is 0 Å². The van der Waals surface area contributed by atoms with Crippen LogP contribution in [0, 0.1) is 28.6 Å². The molecule has 1 aliphatic rings. The fourth-order valence-corrected chi connectivity index (χ4v) is 2.93. The summed E-state index contributed by atoms with van der Waals surface area (Å²) >= 11 is 0. The molecule has 1 saturated heterocycles. The molecule has 1 heterocycles. The first-order chi connectivity index (χ1) is 12.3. The lowest BCUT2D eigenvalue weighted by Gasteiger charge is -2.33. The Kier molecular flexibility index (Phi) is 7.91. The molecule has 0 aromatic heterocycles. The van der Waals surface area contributed by atoms with Crippen LogP contribution >= 0.6 is 0 Å². The number of aliphatic hydroxyl groups excluding tert-OH is 1. The number of nitrogens with one attached hydrogen (secondary N) is 1. The van der Waals surface area contributed by atoms with Crippen LogP contribution in [-0.4, -0.2) is 48.1 Å². The molecule has 6 nitrogen and oxygen atoms in total. The van der Waals surface area contributed by atoms with Crippen molar-refractivity contribution in [1.82, 2.24) is 10.2 Å². The van der Waals surface area contributed by atoms with E-state index < -0.39 is 5.92 Å². The van der Waals surface area contributed by atoms with Crippen LogP contribution in [-0.2, 0) is 6.54 Å². The molecule has 1 aromatic carbocycles. The number of piperidine rings is 1. The maximum absolute atomic E-state index is 9.14. The molecule has 0 bridgehead atoms. The molecule has 6 heteroatoms. The summed E-state index contributed by atoms with van der Waals surface area (Å²) in [6.07, 6.45) is 2.44. The van der Waals surface area contributed by atoms with Crippen molar-refractivity contribution in [2.75, 3.05) is 26.2 Å². The standard InChI is InChI=1S/C19H25N5O/c20-13-17(14-21)19(22-9-4-12-25)23-18-7-10-24(11-8-18)15-16-5-2-1-3-6-16/h1-3,5-6,17-18,25H,4,7-12,15H2,(H,22,23). The SMILES string of the molecule is N#CC(C#N)C(=NCCCO)NC1CCN(Cc2ccccc2)CC1. The Balaban J connectivity index is 1.86. The zero-order valence-electron chi connectivity index (χ0n) is 14.4. The minimum Gasteiger partial charge on any atom is -0.396 e. The fraction of sp³-hybridized carbons (Fsp3) is 0.526. The molecule has 0 aliphatic carbocycles. The van der Waals surface area contributed by atoms with Gasteiger partial charge in [-0.25, -0.2) is 0 Å². The van der Waals surface area contributed by atoms with Crippen molar-refractivity contribution in [3.63, 3.8) is 0 Å². The first kappa shape index (κ1) is 18.9. The second-order valence-corrected chi connectivity index (χ2v) is 6.22. The van der Waals surface area contributed by atoms with E-state index in [4.69, 9.17) is 15.6 Å². The van der Waals surface area contributed by atoms with Gasteiger partial charge in [0.15, 0.2) is 5.92 Å². The van der Waals surface area contributed by atoms with Crippen LogP contribution in [0.2, 0.25) is 0 Å². The maximum atomic E-state index is 9.14. The van der Waals surface area contributed by atoms with Crippen molar-refractivity contribution < 1.29 is 5.11 Å². The van der Waals surface area contributed by atoms with Crippen LogP contribution in [0.25, 0.3) is 0 Å². The highest BCUT2D eigenvalue weighted by molar-refractivity contribution is 5.89. The monoisotopic (exact) mass is 339 g/mol. The number of amidine groups is 1. The first-order valence-corrected chi connectivity index (χ1v) is 8.74. The smallest absolute Gasteiger partial charge is 0.189 e. The van der Waals surface area contributed by atoms with E-state index in [1.165, 1.54) is 5.56 Å². The lowest BCUT2D eigenvalue weighted by Crippen LogP contribution is -2.46. The molecule has 0 radical (unpaired) electrons. The number of nitrogens with zero attached hydrogens (tertiary/aromatic N) is 4. The third kappa shape index (κ3) is 6.19. The number of aliphatic hydroxyl groups is 1. The minimum atomic E-state index is -0.874. The predicted octanol–water partition coefficient (Wildman–Crippen LogP) is 1.68. The molecule has 1 aromatic rings. The zero-order chi connectivity index (χ0) is 17.9. The molecule has 0 amide bonds. The van der Waals surface area contributed by atoms with Crippen molar-refractivity contribution in [1.29, 1.82) is 10.5 Å². The Hall–Kier alpha value is -2.41. The Morgan fingerprint density at radius 3 is 2.52 bits per heavy atom. The third-order valence-electron chi connectivity index (χ3n) is 4.32. The molecule has 2 rings (SSSR count). The number of hydrogen-bond donors (Lipinski definition) is 2. The number of likely N-dealkylation sites (tertiary alicyclic amines) is 1. The van der Waals surface area contributed by atoms with Gasteiger partial charge in [-0.2, -0.15) is 10.5 Å². The fourth-order valence-electron chi connectivity index (χ4n) is 2.93. The van der Waals surface area contributed by atoms with Gasteiger partial charge < -0.3 is 10.4 Å². The lowest BCUT2D eigenvalue weighted by molar-refractivity contribution is 0.198. The van der Waals surface area contributed by atoms with E-state index in [1.54, 1.807) is 0 Å². The molecule has 1 fully saturated rings. The van der Waals surface area contributed by atoms with Gasteiger partial charge in [-0.15, -0.1) is 0 Å². The average Bonchev–Trinajstić information content (AvgIpc) is 2.65. The van der Waals surface area contributed by atoms with Gasteiger partial charge in [-0.05, 0) is 24.8 Å². The van der Waals surface area contributed by atoms with Crippen molar-refractivity contribution in [3.05, 3.63) is 35.9 Å². The van der Waals surface area contributed by atoms with Gasteiger partial charge in [-0.3, -0.25) is 9.89 Å². The summed E-state index contributed by atoms with van der Waals surface area (Å²) in [5.41, 5.74) is 1.31. The second-order valence-electron chi connectivity index (χ2n) is 6.22. The summed E-state index contributed by atoms with van der Waals surface area (Å²) in [5.74, 6) is -0.430. The van der Waals surface area contributed by atoms with Crippen LogP contribution < -0.4 is 5.32 Å². The van der Waals surface area contributed by atoms with Gasteiger partial charge in [0.05, 0.1) is 12.1 Å². The Bertz CT molecular complexity index is 609. The second kappa shape index (κ2) is 10.5. The number of nitriles is 2. The van der Waals surface area contributed by atoms with Gasteiger partial charge in [0.2, 0.25) is 0 Å². The highest BCUT2D eigenvalue weighted by Gasteiger charge is 2.23. The molecule has 0 saturated carbocycles. The summed E-state index contributed by atoms with van der Waals surface area (Å²) in [5, 5.41) is 30.5. The summed E-state index contributed by atoms with van der Waals surface area (Å²) in [4.78, 5) is 6.74. The Morgan fingerprint density at radius 2 is 1.92 bits per heavy atom. The molecule has 1 aliphatic heterocycles. The van der Waals surface area contributed by atoms with Crippen LogP contribution in [0.3, 0.4) is 0 Å². The van der Waals surface area contributed by atoms with Crippen molar-refractivity contribution >= 4 is 5.84 Å². The van der Waals surface area contributed by atoms with Gasteiger partial charge in [0.1, 0.15) is 5.84 Å². The van der Waals surface area contributed by atoms with Crippen LogP contribution in [0.4, 0.5) is 0 Å². The summed E-state index contributed by atoms with van der Waals surface area (Å²) < 4.78 is 0. The Morgan fingerprint density at radius 1 is 1.24 bits per heavy atom. The van der Waals surface area contributed by atoms with Crippen LogP contribution in [0.15, 0.2) is 35.3 Å². The largest absolute Gasteiger partial charge is 0.396 e. The Labute approximate surface area is 149 Å². The highest BCUT2D eigenvalue weighted by Crippen LogP contribution is 2.14. The molecule has 2 N–H and O–H groups in total. The van der Waals surface area contributed by atoms with Gasteiger partial charge in [-0.1, -0.05) is 30.3 Å². The average molecular weight is 339 g/mol. The van der Waals surface area contributed by atoms with Crippen molar-refractivity contribution in [2.24, 2.45) is 10.9 Å². The minimum absolute atomic E-state index is 0.0540. The van der Waals surface area contributed by atoms with Crippen molar-refractivity contribution in [2.45, 2.75) is 31.8 Å². The first-order valence-electron chi connectivity index (χ1n) is 8.74. The van der Waals surface area contributed by atoms with E-state index in [2.05, 4.69) is 39.5 Å². The topological polar surface area (TPSA) is 95.4 Å². The lowest BCUT2D eigenvalue weighted by atomic mass is 10.0. The number of aliphatic imine (C=N–C) groups is 1. The molecular weight excluding hydrogens is 314 g/mol. The van der Waals surface area contributed by atoms with Crippen LogP contribution in [0.1, 0.15) is 24.8 Å². The number of hydrogen-bond acceptors (Lipinski definition) is 5. The molecule has 0 unspecified atom stereocenters. The van der Waals surface area contributed by atoms with Gasteiger partial charge in [0, 0.05) is 38.8 Å². The molecular formula is C19H25N5O. The van der Waals surface area contributed by atoms with E-state index >= 15 is 0 Å². The van der Waals surface area contributed by atoms with E-state index in [0.717, 1.165) is 32.5 Å². The van der Waals surface area contributed by atoms with Crippen LogP contribution in [0.5, 0.6) is 0 Å². The maximum Gasteiger partial charge on any atom is 0.189 e. The van der Waals surface area contributed by atoms with E-state index in [0.29, 0.717) is 18.8 Å². The highest BCUT2D eigenvalue weighted by atomic mass is 16.3. The van der Waals surface area contributed by atoms with E-state index in [-0.39, 0.29) is 12.6 Å². The number of rotatable bonds is 7. The molecule has 132 valence electrons. The quantitative estimate of drug-likeness (QED) is 0.448. The molecule has 25 heavy (non-hydrogen) atoms. The summed E-state index contributed by atoms with van der Waals surface area (Å²) in [6, 6.07) is 14.6. The molecule has 0 spiro atoms. The normalized spacial score (nSPS) is 16.4. The summed E-state index contributed by atoms with van der Waals surface area (Å²) in [7, 11) is 0. The predicted molar refractivity (Wildman–Crippen MR) is 96.6 cm³/mol. The molecule has 0 atom stereocenters. The van der Waals surface area contributed by atoms with E-state index in [1.807, 2.05) is 18.2 Å². The van der Waals surface area contributed by atoms with Crippen molar-refractivity contribution in [3.8, 4) is 12.1 Å². The summed E-state index contributed by atoms with van der Waals surface area (Å²) in [6.45, 7) is 3.37.